The van der Waals surface area contributed by atoms with E-state index in [0.717, 1.165) is 52.6 Å². The van der Waals surface area contributed by atoms with E-state index in [1.54, 1.807) is 11.1 Å². The van der Waals surface area contributed by atoms with Gasteiger partial charge in [0.2, 0.25) is 0 Å². The van der Waals surface area contributed by atoms with Crippen molar-refractivity contribution in [2.75, 3.05) is 7.11 Å². The summed E-state index contributed by atoms with van der Waals surface area (Å²) in [7, 11) is 1.83. The third-order valence-corrected chi connectivity index (χ3v) is 18.5. The van der Waals surface area contributed by atoms with Crippen molar-refractivity contribution >= 4 is 0 Å². The van der Waals surface area contributed by atoms with Crippen molar-refractivity contribution in [2.45, 2.75) is 180 Å². The van der Waals surface area contributed by atoms with E-state index in [1.165, 1.54) is 133 Å². The van der Waals surface area contributed by atoms with Crippen LogP contribution in [0.15, 0.2) is 84.9 Å². The molecule has 8 aliphatic carbocycles. The maximum atomic E-state index is 6.29. The topological polar surface area (TPSA) is 22.1 Å². The number of pyridine rings is 1. The summed E-state index contributed by atoms with van der Waals surface area (Å²) in [6, 6.07) is 34.5. The molecule has 8 saturated carbocycles. The minimum Gasteiger partial charge on any atom is -0.497 e. The van der Waals surface area contributed by atoms with Crippen LogP contribution >= 0.6 is 0 Å². The van der Waals surface area contributed by atoms with Gasteiger partial charge in [-0.15, -0.1) is 0 Å². The second-order valence-electron chi connectivity index (χ2n) is 26.2. The molecule has 0 N–H and O–H groups in total. The minimum atomic E-state index is 0.0319. The lowest BCUT2D eigenvalue weighted by Crippen LogP contribution is -2.48. The van der Waals surface area contributed by atoms with Crippen LogP contribution in [0.25, 0.3) is 44.8 Å². The summed E-state index contributed by atoms with van der Waals surface area (Å²) < 4.78 is 6.29. The largest absolute Gasteiger partial charge is 0.497 e. The summed E-state index contributed by atoms with van der Waals surface area (Å²) in [5.41, 5.74) is 19.0. The zero-order valence-electron chi connectivity index (χ0n) is 42.5. The number of nitrogens with zero attached hydrogens (tertiary/aromatic N) is 1. The predicted molar refractivity (Wildman–Crippen MR) is 278 cm³/mol. The third-order valence-electron chi connectivity index (χ3n) is 18.5. The van der Waals surface area contributed by atoms with E-state index in [4.69, 9.17) is 9.72 Å². The Labute approximate surface area is 399 Å². The van der Waals surface area contributed by atoms with E-state index in [1.807, 2.05) is 7.11 Å². The molecule has 0 radical (unpaired) electrons. The van der Waals surface area contributed by atoms with Gasteiger partial charge in [-0.3, -0.25) is 0 Å². The second kappa shape index (κ2) is 16.0. The SMILES string of the molecule is COc1cc(-c2cc(C(C)C)ccc2-c2cc(C(C)(C)C)cc(C34CC5CC(CC(C5)C3)C4)c2)nc(-c2cc(C(C)C)ccc2-c2cc(C(C)(C)C)cc(C34CC5CC(CC(C5)C3)C4)c2)c1. The van der Waals surface area contributed by atoms with Crippen LogP contribution in [0.3, 0.4) is 0 Å². The van der Waals surface area contributed by atoms with E-state index in [9.17, 15) is 0 Å². The Balaban J connectivity index is 1.09. The normalized spacial score (nSPS) is 28.8. The average molecular weight is 878 g/mol. The molecule has 1 aromatic heterocycles. The maximum Gasteiger partial charge on any atom is 0.123 e. The fourth-order valence-corrected chi connectivity index (χ4v) is 15.6. The number of rotatable bonds is 9. The van der Waals surface area contributed by atoms with Gasteiger partial charge in [0.25, 0.3) is 0 Å². The van der Waals surface area contributed by atoms with Crippen LogP contribution in [0, 0.1) is 35.5 Å². The Hall–Kier alpha value is -4.17. The first-order valence-electron chi connectivity index (χ1n) is 26.5. The Morgan fingerprint density at radius 2 is 0.803 bits per heavy atom. The van der Waals surface area contributed by atoms with Gasteiger partial charge in [0, 0.05) is 23.3 Å². The van der Waals surface area contributed by atoms with E-state index in [0.29, 0.717) is 22.7 Å². The van der Waals surface area contributed by atoms with Gasteiger partial charge in [-0.1, -0.05) is 130 Å². The molecule has 2 heteroatoms. The molecule has 13 rings (SSSR count). The first-order valence-corrected chi connectivity index (χ1v) is 26.5. The monoisotopic (exact) mass is 878 g/mol. The summed E-state index contributed by atoms with van der Waals surface area (Å²) in [6.45, 7) is 23.7. The van der Waals surface area contributed by atoms with Crippen molar-refractivity contribution in [1.29, 1.82) is 0 Å². The molecule has 5 aromatic rings. The average Bonchev–Trinajstić information content (AvgIpc) is 3.26. The molecule has 8 bridgehead atoms. The van der Waals surface area contributed by atoms with Crippen LogP contribution in [0.5, 0.6) is 5.75 Å². The molecule has 8 aliphatic rings. The zero-order chi connectivity index (χ0) is 46.1. The summed E-state index contributed by atoms with van der Waals surface area (Å²) in [5, 5.41) is 0. The lowest BCUT2D eigenvalue weighted by molar-refractivity contribution is -0.00534. The van der Waals surface area contributed by atoms with E-state index >= 15 is 0 Å². The van der Waals surface area contributed by atoms with Gasteiger partial charge >= 0.3 is 0 Å². The van der Waals surface area contributed by atoms with Crippen molar-refractivity contribution in [3.63, 3.8) is 0 Å². The first-order chi connectivity index (χ1) is 31.3. The van der Waals surface area contributed by atoms with Crippen LogP contribution in [0.2, 0.25) is 0 Å². The van der Waals surface area contributed by atoms with E-state index < -0.39 is 0 Å². The van der Waals surface area contributed by atoms with Crippen molar-refractivity contribution < 1.29 is 4.74 Å². The van der Waals surface area contributed by atoms with Gasteiger partial charge in [0.15, 0.2) is 0 Å². The molecule has 4 aromatic carbocycles. The van der Waals surface area contributed by atoms with Crippen molar-refractivity contribution in [3.8, 4) is 50.5 Å². The van der Waals surface area contributed by atoms with Gasteiger partial charge in [-0.25, -0.2) is 4.98 Å². The van der Waals surface area contributed by atoms with Crippen LogP contribution in [0.4, 0.5) is 0 Å². The molecular weight excluding hydrogens is 799 g/mol. The lowest BCUT2D eigenvalue weighted by atomic mass is 9.48. The second-order valence-corrected chi connectivity index (χ2v) is 26.2. The quantitative estimate of drug-likeness (QED) is 0.147. The number of ether oxygens (including phenoxy) is 1. The third kappa shape index (κ3) is 7.91. The summed E-state index contributed by atoms with van der Waals surface area (Å²) in [6.07, 6.45) is 17.0. The molecule has 0 amide bonds. The van der Waals surface area contributed by atoms with E-state index in [-0.39, 0.29) is 10.8 Å². The minimum absolute atomic E-state index is 0.0319. The highest BCUT2D eigenvalue weighted by molar-refractivity contribution is 5.88. The van der Waals surface area contributed by atoms with Crippen molar-refractivity contribution in [3.05, 3.63) is 118 Å². The fourth-order valence-electron chi connectivity index (χ4n) is 15.6. The van der Waals surface area contributed by atoms with Crippen LogP contribution in [-0.4, -0.2) is 12.1 Å². The molecule has 66 heavy (non-hydrogen) atoms. The Bertz CT molecular complexity index is 2430. The molecule has 0 spiro atoms. The standard InChI is InChI=1S/C64H79NO/c1-38(2)46-12-14-55(48-22-50(61(5,6)7)28-52(24-48)63-32-40-16-41(33-63)18-42(17-40)34-63)57(26-46)59-30-54(66-11)31-60(65-59)58-27-47(39(3)4)13-15-56(58)49-23-51(62(8,9)10)29-53(25-49)64-35-43-19-44(36-64)21-45(20-43)37-64/h12-15,22-31,38-45H,16-21,32-37H2,1-11H3. The summed E-state index contributed by atoms with van der Waals surface area (Å²) in [4.78, 5) is 5.81. The highest BCUT2D eigenvalue weighted by Gasteiger charge is 2.53. The Morgan fingerprint density at radius 1 is 0.455 bits per heavy atom. The van der Waals surface area contributed by atoms with Crippen molar-refractivity contribution in [1.82, 2.24) is 4.98 Å². The molecule has 8 fully saturated rings. The molecular formula is C64H79NO. The number of hydrogen-bond acceptors (Lipinski definition) is 2. The number of aromatic nitrogens is 1. The molecule has 346 valence electrons. The van der Waals surface area contributed by atoms with Gasteiger partial charge in [0.1, 0.15) is 5.75 Å². The number of hydrogen-bond donors (Lipinski definition) is 0. The molecule has 0 saturated heterocycles. The highest BCUT2D eigenvalue weighted by Crippen LogP contribution is 2.63. The lowest BCUT2D eigenvalue weighted by Gasteiger charge is -2.57. The summed E-state index contributed by atoms with van der Waals surface area (Å²) in [5.74, 6) is 7.03. The van der Waals surface area contributed by atoms with Gasteiger partial charge in [0.05, 0.1) is 18.5 Å². The zero-order valence-corrected chi connectivity index (χ0v) is 42.5. The Morgan fingerprint density at radius 3 is 1.11 bits per heavy atom. The molecule has 0 unspecified atom stereocenters. The van der Waals surface area contributed by atoms with Gasteiger partial charge < -0.3 is 4.74 Å². The molecule has 1 heterocycles. The van der Waals surface area contributed by atoms with Crippen LogP contribution in [0.1, 0.15) is 192 Å². The van der Waals surface area contributed by atoms with Gasteiger partial charge in [-0.05, 0) is 214 Å². The number of benzene rings is 4. The van der Waals surface area contributed by atoms with Crippen molar-refractivity contribution in [2.24, 2.45) is 35.5 Å². The molecule has 2 nitrogen and oxygen atoms in total. The predicted octanol–water partition coefficient (Wildman–Crippen LogP) is 17.5. The molecule has 0 atom stereocenters. The highest BCUT2D eigenvalue weighted by atomic mass is 16.5. The maximum absolute atomic E-state index is 6.29. The summed E-state index contributed by atoms with van der Waals surface area (Å²) >= 11 is 0. The van der Waals surface area contributed by atoms with E-state index in [2.05, 4.69) is 154 Å². The smallest absolute Gasteiger partial charge is 0.123 e. The first kappa shape index (κ1) is 44.3. The van der Waals surface area contributed by atoms with Gasteiger partial charge in [-0.2, -0.15) is 0 Å². The molecule has 0 aliphatic heterocycles. The number of methoxy groups -OCH3 is 1. The van der Waals surface area contributed by atoms with Crippen LogP contribution in [-0.2, 0) is 21.7 Å². The fraction of sp³-hybridized carbons (Fsp3) is 0.547. The Kier molecular flexibility index (Phi) is 10.7. The van der Waals surface area contributed by atoms with Crippen LogP contribution < -0.4 is 4.74 Å².